The summed E-state index contributed by atoms with van der Waals surface area (Å²) in [6.45, 7) is 3.91. The molecule has 116 valence electrons. The number of amides is 1. The molecule has 7 heteroatoms. The molecule has 0 unspecified atom stereocenters. The molecule has 0 saturated carbocycles. The summed E-state index contributed by atoms with van der Waals surface area (Å²) in [5, 5.41) is 3.19. The SMILES string of the molecule is CC(C)Oc1ccc(NC(=O)CSc2nccc(=O)[nH]2)cc1. The van der Waals surface area contributed by atoms with Crippen LogP contribution in [0.3, 0.4) is 0 Å². The highest BCUT2D eigenvalue weighted by molar-refractivity contribution is 7.99. The van der Waals surface area contributed by atoms with Crippen LogP contribution in [0.25, 0.3) is 0 Å². The van der Waals surface area contributed by atoms with Gasteiger partial charge in [-0.15, -0.1) is 0 Å². The number of thioether (sulfide) groups is 1. The summed E-state index contributed by atoms with van der Waals surface area (Å²) in [6.07, 6.45) is 1.52. The number of ether oxygens (including phenoxy) is 1. The topological polar surface area (TPSA) is 84.1 Å². The first-order chi connectivity index (χ1) is 10.5. The zero-order valence-electron chi connectivity index (χ0n) is 12.3. The second-order valence-electron chi connectivity index (χ2n) is 4.77. The molecule has 22 heavy (non-hydrogen) atoms. The Kier molecular flexibility index (Phi) is 5.60. The molecule has 0 atom stereocenters. The van der Waals surface area contributed by atoms with Crippen molar-refractivity contribution in [2.45, 2.75) is 25.1 Å². The highest BCUT2D eigenvalue weighted by atomic mass is 32.2. The first-order valence-electron chi connectivity index (χ1n) is 6.77. The van der Waals surface area contributed by atoms with Crippen molar-refractivity contribution in [3.8, 4) is 5.75 Å². The summed E-state index contributed by atoms with van der Waals surface area (Å²) >= 11 is 1.17. The molecule has 2 rings (SSSR count). The maximum absolute atomic E-state index is 11.9. The highest BCUT2D eigenvalue weighted by Gasteiger charge is 2.05. The van der Waals surface area contributed by atoms with Crippen LogP contribution >= 0.6 is 11.8 Å². The molecular formula is C15H17N3O3S. The number of anilines is 1. The molecule has 0 aliphatic carbocycles. The highest BCUT2D eigenvalue weighted by Crippen LogP contribution is 2.17. The Balaban J connectivity index is 1.85. The third-order valence-corrected chi connectivity index (χ3v) is 3.39. The van der Waals surface area contributed by atoms with Gasteiger partial charge in [-0.1, -0.05) is 11.8 Å². The fraction of sp³-hybridized carbons (Fsp3) is 0.267. The smallest absolute Gasteiger partial charge is 0.251 e. The Morgan fingerprint density at radius 1 is 1.32 bits per heavy atom. The van der Waals surface area contributed by atoms with Crippen molar-refractivity contribution in [3.63, 3.8) is 0 Å². The Morgan fingerprint density at radius 2 is 2.05 bits per heavy atom. The van der Waals surface area contributed by atoms with Gasteiger partial charge in [-0.3, -0.25) is 9.59 Å². The van der Waals surface area contributed by atoms with E-state index in [1.807, 2.05) is 13.8 Å². The standard InChI is InChI=1S/C15H17N3O3S/c1-10(2)21-12-5-3-11(4-6-12)17-14(20)9-22-15-16-8-7-13(19)18-15/h3-8,10H,9H2,1-2H3,(H,17,20)(H,16,18,19). The van der Waals surface area contributed by atoms with E-state index >= 15 is 0 Å². The van der Waals surface area contributed by atoms with Gasteiger partial charge in [0.15, 0.2) is 5.16 Å². The predicted octanol–water partition coefficient (Wildman–Crippen LogP) is 2.29. The molecule has 2 N–H and O–H groups in total. The van der Waals surface area contributed by atoms with Crippen LogP contribution in [0.5, 0.6) is 5.75 Å². The maximum Gasteiger partial charge on any atom is 0.251 e. The summed E-state index contributed by atoms with van der Waals surface area (Å²) in [4.78, 5) is 29.5. The molecule has 6 nitrogen and oxygen atoms in total. The van der Waals surface area contributed by atoms with E-state index in [1.54, 1.807) is 24.3 Å². The number of carbonyl (C=O) groups excluding carboxylic acids is 1. The van der Waals surface area contributed by atoms with Gasteiger partial charge >= 0.3 is 0 Å². The Bertz CT molecular complexity index is 683. The Labute approximate surface area is 132 Å². The van der Waals surface area contributed by atoms with Crippen LogP contribution in [0.15, 0.2) is 46.5 Å². The van der Waals surface area contributed by atoms with Crippen LogP contribution < -0.4 is 15.6 Å². The van der Waals surface area contributed by atoms with Crippen molar-refractivity contribution in [2.24, 2.45) is 0 Å². The summed E-state index contributed by atoms with van der Waals surface area (Å²) < 4.78 is 5.53. The number of carbonyl (C=O) groups is 1. The minimum absolute atomic E-state index is 0.109. The lowest BCUT2D eigenvalue weighted by Gasteiger charge is -2.10. The summed E-state index contributed by atoms with van der Waals surface area (Å²) in [7, 11) is 0. The van der Waals surface area contributed by atoms with Crippen LogP contribution in [0.2, 0.25) is 0 Å². The van der Waals surface area contributed by atoms with Crippen molar-refractivity contribution >= 4 is 23.4 Å². The summed E-state index contributed by atoms with van der Waals surface area (Å²) in [6, 6.07) is 8.49. The number of hydrogen-bond donors (Lipinski definition) is 2. The van der Waals surface area contributed by atoms with E-state index in [1.165, 1.54) is 24.0 Å². The molecule has 1 aromatic heterocycles. The van der Waals surface area contributed by atoms with Crippen LogP contribution in [-0.4, -0.2) is 27.7 Å². The second kappa shape index (κ2) is 7.65. The van der Waals surface area contributed by atoms with Crippen molar-refractivity contribution in [2.75, 3.05) is 11.1 Å². The Morgan fingerprint density at radius 3 is 2.68 bits per heavy atom. The van der Waals surface area contributed by atoms with Gasteiger partial charge < -0.3 is 15.0 Å². The monoisotopic (exact) mass is 319 g/mol. The van der Waals surface area contributed by atoms with Crippen molar-refractivity contribution < 1.29 is 9.53 Å². The maximum atomic E-state index is 11.9. The first kappa shape index (κ1) is 16.1. The molecule has 0 saturated heterocycles. The normalized spacial score (nSPS) is 10.5. The number of aromatic amines is 1. The first-order valence-corrected chi connectivity index (χ1v) is 7.76. The van der Waals surface area contributed by atoms with Gasteiger partial charge in [0.25, 0.3) is 5.56 Å². The minimum atomic E-state index is -0.237. The minimum Gasteiger partial charge on any atom is -0.491 e. The van der Waals surface area contributed by atoms with E-state index in [9.17, 15) is 9.59 Å². The summed E-state index contributed by atoms with van der Waals surface area (Å²) in [5.74, 6) is 0.750. The molecular weight excluding hydrogens is 302 g/mol. The van der Waals surface area contributed by atoms with Crippen LogP contribution in [0.1, 0.15) is 13.8 Å². The van der Waals surface area contributed by atoms with E-state index in [4.69, 9.17) is 4.74 Å². The van der Waals surface area contributed by atoms with E-state index in [0.717, 1.165) is 5.75 Å². The zero-order chi connectivity index (χ0) is 15.9. The zero-order valence-corrected chi connectivity index (χ0v) is 13.1. The Hall–Kier alpha value is -2.28. The number of hydrogen-bond acceptors (Lipinski definition) is 5. The number of benzene rings is 1. The second-order valence-corrected chi connectivity index (χ2v) is 5.73. The van der Waals surface area contributed by atoms with Crippen LogP contribution in [-0.2, 0) is 4.79 Å². The van der Waals surface area contributed by atoms with Crippen molar-refractivity contribution in [3.05, 3.63) is 46.9 Å². The molecule has 1 heterocycles. The molecule has 1 amide bonds. The number of H-pyrrole nitrogens is 1. The van der Waals surface area contributed by atoms with E-state index < -0.39 is 0 Å². The quantitative estimate of drug-likeness (QED) is 0.630. The largest absolute Gasteiger partial charge is 0.491 e. The van der Waals surface area contributed by atoms with Crippen molar-refractivity contribution in [1.29, 1.82) is 0 Å². The van der Waals surface area contributed by atoms with Gasteiger partial charge in [-0.05, 0) is 38.1 Å². The third-order valence-electron chi connectivity index (χ3n) is 2.50. The molecule has 0 fully saturated rings. The van der Waals surface area contributed by atoms with E-state index in [2.05, 4.69) is 15.3 Å². The van der Waals surface area contributed by atoms with E-state index in [-0.39, 0.29) is 23.3 Å². The fourth-order valence-electron chi connectivity index (χ4n) is 1.65. The van der Waals surface area contributed by atoms with E-state index in [0.29, 0.717) is 10.8 Å². The summed E-state index contributed by atoms with van der Waals surface area (Å²) in [5.41, 5.74) is 0.454. The van der Waals surface area contributed by atoms with Gasteiger partial charge in [0.2, 0.25) is 5.91 Å². The number of nitrogens with one attached hydrogen (secondary N) is 2. The third kappa shape index (κ3) is 5.25. The molecule has 0 aliphatic rings. The van der Waals surface area contributed by atoms with Crippen molar-refractivity contribution in [1.82, 2.24) is 9.97 Å². The number of aromatic nitrogens is 2. The molecule has 1 aromatic carbocycles. The number of rotatable bonds is 6. The molecule has 0 radical (unpaired) electrons. The lowest BCUT2D eigenvalue weighted by Crippen LogP contribution is -2.15. The van der Waals surface area contributed by atoms with Crippen LogP contribution in [0.4, 0.5) is 5.69 Å². The fourth-order valence-corrected chi connectivity index (χ4v) is 2.29. The number of nitrogens with zero attached hydrogens (tertiary/aromatic N) is 1. The lowest BCUT2D eigenvalue weighted by molar-refractivity contribution is -0.113. The predicted molar refractivity (Wildman–Crippen MR) is 86.4 cm³/mol. The van der Waals surface area contributed by atoms with Gasteiger partial charge in [0.05, 0.1) is 11.9 Å². The molecule has 0 bridgehead atoms. The average molecular weight is 319 g/mol. The molecule has 2 aromatic rings. The molecule has 0 spiro atoms. The van der Waals surface area contributed by atoms with Gasteiger partial charge in [-0.25, -0.2) is 4.98 Å². The van der Waals surface area contributed by atoms with Crippen LogP contribution in [0, 0.1) is 0 Å². The van der Waals surface area contributed by atoms with Gasteiger partial charge in [0, 0.05) is 18.0 Å². The molecule has 0 aliphatic heterocycles. The lowest BCUT2D eigenvalue weighted by atomic mass is 10.3. The van der Waals surface area contributed by atoms with Gasteiger partial charge in [0.1, 0.15) is 5.75 Å². The van der Waals surface area contributed by atoms with Gasteiger partial charge in [-0.2, -0.15) is 0 Å². The average Bonchev–Trinajstić information content (AvgIpc) is 2.47.